The van der Waals surface area contributed by atoms with Gasteiger partial charge >= 0.3 is 0 Å². The van der Waals surface area contributed by atoms with Crippen LogP contribution in [-0.2, 0) is 6.54 Å². The molecule has 1 aliphatic carbocycles. The zero-order chi connectivity index (χ0) is 14.7. The Hall–Kier alpha value is -0.860. The van der Waals surface area contributed by atoms with E-state index < -0.39 is 0 Å². The summed E-state index contributed by atoms with van der Waals surface area (Å²) in [5, 5.41) is 0. The van der Waals surface area contributed by atoms with Gasteiger partial charge < -0.3 is 5.73 Å². The molecule has 2 N–H and O–H groups in total. The number of hydrogen-bond acceptors (Lipinski definition) is 2. The predicted molar refractivity (Wildman–Crippen MR) is 87.0 cm³/mol. The van der Waals surface area contributed by atoms with E-state index in [1.165, 1.54) is 47.9 Å². The number of rotatable bonds is 4. The summed E-state index contributed by atoms with van der Waals surface area (Å²) in [6, 6.07) is 5.78. The molecule has 1 saturated carbocycles. The van der Waals surface area contributed by atoms with E-state index in [4.69, 9.17) is 5.73 Å². The quantitative estimate of drug-likeness (QED) is 0.907. The lowest BCUT2D eigenvalue weighted by atomic mass is 9.90. The van der Waals surface area contributed by atoms with Crippen molar-refractivity contribution in [2.24, 2.45) is 5.73 Å². The summed E-state index contributed by atoms with van der Waals surface area (Å²) in [6.45, 7) is 11.2. The minimum atomic E-state index is 0.438. The molecule has 0 bridgehead atoms. The Bertz CT molecular complexity index is 422. The van der Waals surface area contributed by atoms with Gasteiger partial charge in [-0.3, -0.25) is 4.90 Å². The summed E-state index contributed by atoms with van der Waals surface area (Å²) >= 11 is 0. The Kier molecular flexibility index (Phi) is 5.22. The van der Waals surface area contributed by atoms with E-state index in [2.05, 4.69) is 44.7 Å². The van der Waals surface area contributed by atoms with Gasteiger partial charge in [-0.05, 0) is 69.7 Å². The highest BCUT2D eigenvalue weighted by molar-refractivity contribution is 5.37. The normalized spacial score (nSPS) is 23.3. The fraction of sp³-hybridized carbons (Fsp3) is 0.667. The number of nitrogens with two attached hydrogens (primary N) is 1. The fourth-order valence-electron chi connectivity index (χ4n) is 3.63. The molecule has 1 fully saturated rings. The van der Waals surface area contributed by atoms with Gasteiger partial charge in [-0.15, -0.1) is 0 Å². The lowest BCUT2D eigenvalue weighted by Crippen LogP contribution is -2.40. The molecule has 0 amide bonds. The van der Waals surface area contributed by atoms with E-state index in [0.717, 1.165) is 19.1 Å². The molecule has 0 spiro atoms. The summed E-state index contributed by atoms with van der Waals surface area (Å²) < 4.78 is 0. The molecular weight excluding hydrogens is 244 g/mol. The van der Waals surface area contributed by atoms with Crippen LogP contribution in [-0.4, -0.2) is 23.5 Å². The first-order valence-corrected chi connectivity index (χ1v) is 8.07. The third-order valence-electron chi connectivity index (χ3n) is 4.87. The van der Waals surface area contributed by atoms with E-state index in [1.807, 2.05) is 0 Å². The van der Waals surface area contributed by atoms with Crippen molar-refractivity contribution in [1.29, 1.82) is 0 Å². The van der Waals surface area contributed by atoms with Gasteiger partial charge in [0.15, 0.2) is 0 Å². The Morgan fingerprint density at radius 2 is 1.60 bits per heavy atom. The lowest BCUT2D eigenvalue weighted by Gasteiger charge is -2.36. The smallest absolute Gasteiger partial charge is 0.0241 e. The van der Waals surface area contributed by atoms with Crippen molar-refractivity contribution in [3.8, 4) is 0 Å². The second kappa shape index (κ2) is 6.73. The highest BCUT2D eigenvalue weighted by Gasteiger charge is 2.24. The van der Waals surface area contributed by atoms with Gasteiger partial charge in [0.25, 0.3) is 0 Å². The zero-order valence-electron chi connectivity index (χ0n) is 13.6. The standard InChI is InChI=1S/C18H30N2/c1-5-20(17-8-6-16(19)7-9-17)12-18-14(3)10-13(2)11-15(18)4/h10-11,16-17H,5-9,12,19H2,1-4H3. The maximum atomic E-state index is 6.04. The molecule has 1 aromatic rings. The van der Waals surface area contributed by atoms with Crippen LogP contribution in [0.3, 0.4) is 0 Å². The van der Waals surface area contributed by atoms with Crippen molar-refractivity contribution in [3.63, 3.8) is 0 Å². The van der Waals surface area contributed by atoms with Crippen molar-refractivity contribution in [1.82, 2.24) is 4.90 Å². The van der Waals surface area contributed by atoms with Gasteiger partial charge in [-0.25, -0.2) is 0 Å². The predicted octanol–water partition coefficient (Wildman–Crippen LogP) is 3.70. The first-order valence-electron chi connectivity index (χ1n) is 8.07. The monoisotopic (exact) mass is 274 g/mol. The average molecular weight is 274 g/mol. The van der Waals surface area contributed by atoms with E-state index in [-0.39, 0.29) is 0 Å². The van der Waals surface area contributed by atoms with Crippen molar-refractivity contribution in [2.45, 2.75) is 72.0 Å². The molecular formula is C18H30N2. The van der Waals surface area contributed by atoms with Crippen LogP contribution >= 0.6 is 0 Å². The molecule has 1 aliphatic rings. The molecule has 0 aliphatic heterocycles. The topological polar surface area (TPSA) is 29.3 Å². The highest BCUT2D eigenvalue weighted by Crippen LogP contribution is 2.25. The van der Waals surface area contributed by atoms with Crippen LogP contribution in [0, 0.1) is 20.8 Å². The number of nitrogens with zero attached hydrogens (tertiary/aromatic N) is 1. The highest BCUT2D eigenvalue weighted by atomic mass is 15.1. The summed E-state index contributed by atoms with van der Waals surface area (Å²) in [5.74, 6) is 0. The molecule has 0 radical (unpaired) electrons. The van der Waals surface area contributed by atoms with Gasteiger partial charge in [0.1, 0.15) is 0 Å². The van der Waals surface area contributed by atoms with Crippen molar-refractivity contribution >= 4 is 0 Å². The Morgan fingerprint density at radius 1 is 1.05 bits per heavy atom. The molecule has 112 valence electrons. The van der Waals surface area contributed by atoms with E-state index in [1.54, 1.807) is 0 Å². The third kappa shape index (κ3) is 3.62. The summed E-state index contributed by atoms with van der Waals surface area (Å²) in [7, 11) is 0. The van der Waals surface area contributed by atoms with Crippen LogP contribution < -0.4 is 5.73 Å². The fourth-order valence-corrected chi connectivity index (χ4v) is 3.63. The minimum absolute atomic E-state index is 0.438. The number of aryl methyl sites for hydroxylation is 3. The van der Waals surface area contributed by atoms with Gasteiger partial charge in [0.2, 0.25) is 0 Å². The largest absolute Gasteiger partial charge is 0.328 e. The molecule has 0 atom stereocenters. The molecule has 0 heterocycles. The molecule has 0 unspecified atom stereocenters. The Morgan fingerprint density at radius 3 is 2.10 bits per heavy atom. The molecule has 0 aromatic heterocycles. The molecule has 2 heteroatoms. The third-order valence-corrected chi connectivity index (χ3v) is 4.87. The number of benzene rings is 1. The van der Waals surface area contributed by atoms with Gasteiger partial charge in [-0.2, -0.15) is 0 Å². The second-order valence-corrected chi connectivity index (χ2v) is 6.51. The maximum absolute atomic E-state index is 6.04. The van der Waals surface area contributed by atoms with Crippen LogP contribution in [0.25, 0.3) is 0 Å². The van der Waals surface area contributed by atoms with Gasteiger partial charge in [0, 0.05) is 18.6 Å². The average Bonchev–Trinajstić information content (AvgIpc) is 2.39. The molecule has 0 saturated heterocycles. The molecule has 20 heavy (non-hydrogen) atoms. The van der Waals surface area contributed by atoms with Crippen LogP contribution in [0.15, 0.2) is 12.1 Å². The minimum Gasteiger partial charge on any atom is -0.328 e. The summed E-state index contributed by atoms with van der Waals surface area (Å²) in [5.41, 5.74) is 11.8. The molecule has 2 rings (SSSR count). The lowest BCUT2D eigenvalue weighted by molar-refractivity contribution is 0.149. The van der Waals surface area contributed by atoms with Gasteiger partial charge in [0.05, 0.1) is 0 Å². The van der Waals surface area contributed by atoms with Gasteiger partial charge in [-0.1, -0.05) is 24.6 Å². The summed E-state index contributed by atoms with van der Waals surface area (Å²) in [4.78, 5) is 2.65. The molecule has 2 nitrogen and oxygen atoms in total. The first-order chi connectivity index (χ1) is 9.51. The van der Waals surface area contributed by atoms with Crippen molar-refractivity contribution in [3.05, 3.63) is 34.4 Å². The molecule has 1 aromatic carbocycles. The van der Waals surface area contributed by atoms with E-state index >= 15 is 0 Å². The SMILES string of the molecule is CCN(Cc1c(C)cc(C)cc1C)C1CCC(N)CC1. The zero-order valence-corrected chi connectivity index (χ0v) is 13.6. The Balaban J connectivity index is 2.10. The van der Waals surface area contributed by atoms with E-state index in [0.29, 0.717) is 6.04 Å². The van der Waals surface area contributed by atoms with Crippen molar-refractivity contribution in [2.75, 3.05) is 6.54 Å². The first kappa shape index (κ1) is 15.5. The van der Waals surface area contributed by atoms with E-state index in [9.17, 15) is 0 Å². The maximum Gasteiger partial charge on any atom is 0.0241 e. The van der Waals surface area contributed by atoms with Crippen LogP contribution in [0.4, 0.5) is 0 Å². The van der Waals surface area contributed by atoms with Crippen LogP contribution in [0.2, 0.25) is 0 Å². The number of hydrogen-bond donors (Lipinski definition) is 1. The van der Waals surface area contributed by atoms with Crippen LogP contribution in [0.5, 0.6) is 0 Å². The summed E-state index contributed by atoms with van der Waals surface area (Å²) in [6.07, 6.45) is 4.90. The Labute approximate surface area is 124 Å². The second-order valence-electron chi connectivity index (χ2n) is 6.51. The van der Waals surface area contributed by atoms with Crippen molar-refractivity contribution < 1.29 is 0 Å². The van der Waals surface area contributed by atoms with Crippen LogP contribution in [0.1, 0.15) is 54.9 Å².